The van der Waals surface area contributed by atoms with Crippen LogP contribution in [-0.4, -0.2) is 31.0 Å². The molecule has 0 spiro atoms. The van der Waals surface area contributed by atoms with Gasteiger partial charge in [-0.25, -0.2) is 0 Å². The monoisotopic (exact) mass is 442 g/mol. The Balaban J connectivity index is 3.33. The Morgan fingerprint density at radius 2 is 1.10 bits per heavy atom. The molecule has 0 atom stereocenters. The van der Waals surface area contributed by atoms with E-state index in [1.165, 1.54) is 38.5 Å². The molecule has 0 heterocycles. The highest BCUT2D eigenvalue weighted by atomic mass is 35.5. The number of rotatable bonds is 20. The van der Waals surface area contributed by atoms with Crippen LogP contribution in [0.2, 0.25) is 0 Å². The van der Waals surface area contributed by atoms with Crippen LogP contribution in [0.15, 0.2) is 0 Å². The molecule has 5 heteroatoms. The third-order valence-corrected chi connectivity index (χ3v) is 5.08. The van der Waals surface area contributed by atoms with E-state index in [-0.39, 0.29) is 24.8 Å². The van der Waals surface area contributed by atoms with Crippen LogP contribution in [0.1, 0.15) is 116 Å². The van der Waals surface area contributed by atoms with E-state index in [0.717, 1.165) is 57.2 Å². The lowest BCUT2D eigenvalue weighted by Gasteiger charge is -2.06. The molecule has 0 radical (unpaired) electrons. The van der Waals surface area contributed by atoms with Crippen molar-refractivity contribution in [2.24, 2.45) is 0 Å². The molecule has 0 aromatic rings. The molecule has 0 bridgehead atoms. The number of ether oxygens (including phenoxy) is 2. The number of alkyl halides is 1. The zero-order valence-corrected chi connectivity index (χ0v) is 19.9. The second-order valence-electron chi connectivity index (χ2n) is 7.68. The second-order valence-corrected chi connectivity index (χ2v) is 8.06. The van der Waals surface area contributed by atoms with Gasteiger partial charge in [-0.2, -0.15) is 0 Å². The number of carbonyl (C=O) groups excluding carboxylic acids is 2. The van der Waals surface area contributed by atoms with Crippen molar-refractivity contribution in [1.29, 1.82) is 0 Å². The molecule has 0 aliphatic heterocycles. The van der Waals surface area contributed by atoms with E-state index in [9.17, 15) is 9.59 Å². The van der Waals surface area contributed by atoms with Gasteiger partial charge in [-0.3, -0.25) is 9.59 Å². The molecule has 0 aliphatic rings. The molecule has 30 heavy (non-hydrogen) atoms. The zero-order chi connectivity index (χ0) is 22.1. The number of carbonyl (C=O) groups is 2. The summed E-state index contributed by atoms with van der Waals surface area (Å²) in [6.07, 6.45) is 16.4. The number of halogens is 1. The third kappa shape index (κ3) is 23.1. The van der Waals surface area contributed by atoms with Gasteiger partial charge >= 0.3 is 11.9 Å². The maximum Gasteiger partial charge on any atom is 0.305 e. The average molecular weight is 443 g/mol. The van der Waals surface area contributed by atoms with Crippen LogP contribution in [0.3, 0.4) is 0 Å². The number of hydrogen-bond acceptors (Lipinski definition) is 4. The van der Waals surface area contributed by atoms with Crippen LogP contribution in [0, 0.1) is 11.8 Å². The Morgan fingerprint density at radius 3 is 1.60 bits per heavy atom. The molecule has 0 rings (SSSR count). The van der Waals surface area contributed by atoms with Crippen LogP contribution < -0.4 is 0 Å². The van der Waals surface area contributed by atoms with Crippen LogP contribution in [0.5, 0.6) is 0 Å². The Kier molecular flexibility index (Phi) is 23.1. The van der Waals surface area contributed by atoms with Gasteiger partial charge in [-0.1, -0.05) is 58.3 Å². The summed E-state index contributed by atoms with van der Waals surface area (Å²) in [7, 11) is 0. The molecule has 174 valence electrons. The average Bonchev–Trinajstić information content (AvgIpc) is 2.74. The van der Waals surface area contributed by atoms with Gasteiger partial charge in [0.25, 0.3) is 0 Å². The van der Waals surface area contributed by atoms with E-state index in [0.29, 0.717) is 19.6 Å². The lowest BCUT2D eigenvalue weighted by Crippen LogP contribution is -2.09. The van der Waals surface area contributed by atoms with Gasteiger partial charge < -0.3 is 9.47 Å². The van der Waals surface area contributed by atoms with E-state index >= 15 is 0 Å². The molecular weight excluding hydrogens is 400 g/mol. The summed E-state index contributed by atoms with van der Waals surface area (Å²) in [5, 5.41) is 0. The first kappa shape index (κ1) is 28.8. The van der Waals surface area contributed by atoms with Gasteiger partial charge in [0.1, 0.15) is 0 Å². The van der Waals surface area contributed by atoms with Gasteiger partial charge in [0, 0.05) is 31.6 Å². The van der Waals surface area contributed by atoms with Crippen molar-refractivity contribution in [1.82, 2.24) is 0 Å². The fraction of sp³-hybridized carbons (Fsp3) is 0.840. The largest absolute Gasteiger partial charge is 0.466 e. The lowest BCUT2D eigenvalue weighted by atomic mass is 10.1. The summed E-state index contributed by atoms with van der Waals surface area (Å²) in [6.45, 7) is 3.03. The highest BCUT2D eigenvalue weighted by molar-refractivity contribution is 6.17. The molecule has 0 amide bonds. The molecule has 0 fully saturated rings. The molecule has 0 saturated heterocycles. The predicted octanol–water partition coefficient (Wildman–Crippen LogP) is 6.97. The molecule has 0 aliphatic carbocycles. The summed E-state index contributed by atoms with van der Waals surface area (Å²) in [5.41, 5.74) is 0. The van der Waals surface area contributed by atoms with Crippen molar-refractivity contribution >= 4 is 23.5 Å². The second kappa shape index (κ2) is 24.1. The summed E-state index contributed by atoms with van der Waals surface area (Å²) < 4.78 is 10.4. The first-order valence-electron chi connectivity index (χ1n) is 12.0. The van der Waals surface area contributed by atoms with Gasteiger partial charge in [0.05, 0.1) is 13.2 Å². The van der Waals surface area contributed by atoms with Crippen LogP contribution in [0.25, 0.3) is 0 Å². The van der Waals surface area contributed by atoms with E-state index in [1.54, 1.807) is 0 Å². The standard InChI is InChI=1S/C25H43ClO4/c1-2-3-4-5-6-7-8-10-13-16-22-29-24(27)19-18-20-25(28)30-23-17-14-11-9-12-15-21-26/h2,5-23H2,1H3. The van der Waals surface area contributed by atoms with Crippen molar-refractivity contribution in [3.8, 4) is 11.8 Å². The molecule has 0 aromatic heterocycles. The summed E-state index contributed by atoms with van der Waals surface area (Å²) in [5.74, 6) is 6.56. The molecule has 4 nitrogen and oxygen atoms in total. The SMILES string of the molecule is CCC#CCCCCCCCCOC(=O)CCCC(=O)OCCCCCCCCCl. The van der Waals surface area contributed by atoms with Gasteiger partial charge in [0.15, 0.2) is 0 Å². The minimum absolute atomic E-state index is 0.214. The molecular formula is C25H43ClO4. The highest BCUT2D eigenvalue weighted by Gasteiger charge is 2.07. The summed E-state index contributed by atoms with van der Waals surface area (Å²) in [4.78, 5) is 23.4. The van der Waals surface area contributed by atoms with E-state index in [4.69, 9.17) is 21.1 Å². The van der Waals surface area contributed by atoms with Gasteiger partial charge in [-0.15, -0.1) is 23.4 Å². The fourth-order valence-corrected chi connectivity index (χ4v) is 3.22. The van der Waals surface area contributed by atoms with E-state index in [1.807, 2.05) is 0 Å². The minimum Gasteiger partial charge on any atom is -0.466 e. The normalized spacial score (nSPS) is 10.3. The van der Waals surface area contributed by atoms with Gasteiger partial charge in [0.2, 0.25) is 0 Å². The minimum atomic E-state index is -0.217. The molecule has 0 N–H and O–H groups in total. The lowest BCUT2D eigenvalue weighted by molar-refractivity contribution is -0.145. The molecule has 0 saturated carbocycles. The summed E-state index contributed by atoms with van der Waals surface area (Å²) >= 11 is 5.64. The Bertz CT molecular complexity index is 468. The van der Waals surface area contributed by atoms with E-state index < -0.39 is 0 Å². The maximum absolute atomic E-state index is 11.7. The van der Waals surface area contributed by atoms with Crippen molar-refractivity contribution in [3.63, 3.8) is 0 Å². The third-order valence-electron chi connectivity index (χ3n) is 4.81. The van der Waals surface area contributed by atoms with Crippen LogP contribution in [0.4, 0.5) is 0 Å². The highest BCUT2D eigenvalue weighted by Crippen LogP contribution is 2.09. The van der Waals surface area contributed by atoms with Crippen molar-refractivity contribution in [3.05, 3.63) is 0 Å². The Labute approximate surface area is 189 Å². The molecule has 0 unspecified atom stereocenters. The zero-order valence-electron chi connectivity index (χ0n) is 19.2. The van der Waals surface area contributed by atoms with Crippen molar-refractivity contribution in [2.45, 2.75) is 116 Å². The maximum atomic E-state index is 11.7. The Morgan fingerprint density at radius 1 is 0.633 bits per heavy atom. The Hall–Kier alpha value is -1.21. The number of esters is 2. The fourth-order valence-electron chi connectivity index (χ4n) is 3.03. The predicted molar refractivity (Wildman–Crippen MR) is 125 cm³/mol. The van der Waals surface area contributed by atoms with Crippen molar-refractivity contribution < 1.29 is 19.1 Å². The van der Waals surface area contributed by atoms with Crippen LogP contribution >= 0.6 is 11.6 Å². The summed E-state index contributed by atoms with van der Waals surface area (Å²) in [6, 6.07) is 0. The van der Waals surface area contributed by atoms with Crippen LogP contribution in [-0.2, 0) is 19.1 Å². The first-order chi connectivity index (χ1) is 14.7. The topological polar surface area (TPSA) is 52.6 Å². The first-order valence-corrected chi connectivity index (χ1v) is 12.6. The quantitative estimate of drug-likeness (QED) is 0.0883. The number of hydrogen-bond donors (Lipinski definition) is 0. The molecule has 0 aromatic carbocycles. The smallest absolute Gasteiger partial charge is 0.305 e. The van der Waals surface area contributed by atoms with Crippen molar-refractivity contribution in [2.75, 3.05) is 19.1 Å². The number of unbranched alkanes of at least 4 members (excludes halogenated alkanes) is 11. The van der Waals surface area contributed by atoms with E-state index in [2.05, 4.69) is 18.8 Å². The van der Waals surface area contributed by atoms with Gasteiger partial charge in [-0.05, 0) is 32.1 Å².